The second kappa shape index (κ2) is 4.63. The summed E-state index contributed by atoms with van der Waals surface area (Å²) >= 11 is 5.91. The number of nitrogens with one attached hydrogen (secondary N) is 1. The predicted octanol–water partition coefficient (Wildman–Crippen LogP) is 3.31. The van der Waals surface area contributed by atoms with Crippen LogP contribution in [-0.4, -0.2) is 12.5 Å². The predicted molar refractivity (Wildman–Crippen MR) is 68.5 cm³/mol. The van der Waals surface area contributed by atoms with Gasteiger partial charge in [-0.15, -0.1) is 6.58 Å². The van der Waals surface area contributed by atoms with Crippen LogP contribution in [-0.2, 0) is 0 Å². The van der Waals surface area contributed by atoms with E-state index in [9.17, 15) is 4.79 Å². The first kappa shape index (κ1) is 11.7. The highest BCUT2D eigenvalue weighted by Crippen LogP contribution is 2.27. The molecule has 2 aromatic rings. The Kier molecular flexibility index (Phi) is 3.20. The van der Waals surface area contributed by atoms with E-state index in [1.807, 2.05) is 6.92 Å². The lowest BCUT2D eigenvalue weighted by molar-refractivity contribution is 0.0932. The number of hydrogen-bond donors (Lipinski definition) is 1. The molecule has 4 heteroatoms. The highest BCUT2D eigenvalue weighted by molar-refractivity contribution is 6.31. The summed E-state index contributed by atoms with van der Waals surface area (Å²) in [5, 5.41) is 4.17. The van der Waals surface area contributed by atoms with Crippen molar-refractivity contribution in [2.45, 2.75) is 6.92 Å². The van der Waals surface area contributed by atoms with Crippen LogP contribution in [0.15, 0.2) is 35.3 Å². The van der Waals surface area contributed by atoms with Crippen LogP contribution < -0.4 is 5.32 Å². The number of furan rings is 1. The minimum absolute atomic E-state index is 0.241. The van der Waals surface area contributed by atoms with Gasteiger partial charge in [-0.25, -0.2) is 0 Å². The molecule has 0 fully saturated rings. The summed E-state index contributed by atoms with van der Waals surface area (Å²) in [6, 6.07) is 5.28. The maximum absolute atomic E-state index is 11.8. The van der Waals surface area contributed by atoms with Crippen LogP contribution in [0, 0.1) is 6.92 Å². The van der Waals surface area contributed by atoms with Gasteiger partial charge in [0.25, 0.3) is 5.91 Å². The molecule has 2 rings (SSSR count). The van der Waals surface area contributed by atoms with E-state index < -0.39 is 0 Å². The van der Waals surface area contributed by atoms with E-state index in [1.165, 1.54) is 0 Å². The first-order valence-corrected chi connectivity index (χ1v) is 5.59. The third-order valence-electron chi connectivity index (χ3n) is 2.51. The summed E-state index contributed by atoms with van der Waals surface area (Å²) in [7, 11) is 0. The average molecular weight is 250 g/mol. The molecule has 17 heavy (non-hydrogen) atoms. The van der Waals surface area contributed by atoms with Crippen molar-refractivity contribution in [2.75, 3.05) is 6.54 Å². The number of aryl methyl sites for hydroxylation is 1. The molecule has 88 valence electrons. The molecule has 0 spiro atoms. The molecule has 1 N–H and O–H groups in total. The van der Waals surface area contributed by atoms with Crippen LogP contribution in [0.3, 0.4) is 0 Å². The summed E-state index contributed by atoms with van der Waals surface area (Å²) in [4.78, 5) is 11.8. The number of benzene rings is 1. The van der Waals surface area contributed by atoms with Crippen molar-refractivity contribution in [1.29, 1.82) is 0 Å². The van der Waals surface area contributed by atoms with Gasteiger partial charge in [0.15, 0.2) is 5.76 Å². The normalized spacial score (nSPS) is 10.5. The maximum atomic E-state index is 11.8. The highest BCUT2D eigenvalue weighted by atomic mass is 35.5. The average Bonchev–Trinajstić information content (AvgIpc) is 2.64. The number of amides is 1. The molecule has 0 unspecified atom stereocenters. The molecule has 1 amide bonds. The van der Waals surface area contributed by atoms with Crippen molar-refractivity contribution in [3.8, 4) is 0 Å². The Morgan fingerprint density at radius 3 is 3.06 bits per heavy atom. The van der Waals surface area contributed by atoms with Crippen molar-refractivity contribution >= 4 is 28.5 Å². The third kappa shape index (κ3) is 2.19. The SMILES string of the molecule is C=CCNC(=O)c1oc2ccc(Cl)cc2c1C. The zero-order valence-corrected chi connectivity index (χ0v) is 10.2. The van der Waals surface area contributed by atoms with E-state index in [0.717, 1.165) is 10.9 Å². The smallest absolute Gasteiger partial charge is 0.287 e. The lowest BCUT2D eigenvalue weighted by atomic mass is 10.1. The standard InChI is InChI=1S/C13H12ClNO2/c1-3-6-15-13(16)12-8(2)10-7-9(14)4-5-11(10)17-12/h3-5,7H,1,6H2,2H3,(H,15,16). The minimum Gasteiger partial charge on any atom is -0.451 e. The Morgan fingerprint density at radius 1 is 1.59 bits per heavy atom. The zero-order valence-electron chi connectivity index (χ0n) is 9.42. The molecular weight excluding hydrogens is 238 g/mol. The Morgan fingerprint density at radius 2 is 2.35 bits per heavy atom. The van der Waals surface area contributed by atoms with Gasteiger partial charge in [0.2, 0.25) is 0 Å². The number of hydrogen-bond acceptors (Lipinski definition) is 2. The van der Waals surface area contributed by atoms with Crippen LogP contribution in [0.25, 0.3) is 11.0 Å². The van der Waals surface area contributed by atoms with Gasteiger partial charge in [-0.1, -0.05) is 17.7 Å². The topological polar surface area (TPSA) is 42.2 Å². The Hall–Kier alpha value is -1.74. The fraction of sp³-hybridized carbons (Fsp3) is 0.154. The van der Waals surface area contributed by atoms with Gasteiger partial charge in [-0.05, 0) is 25.1 Å². The number of carbonyl (C=O) groups is 1. The van der Waals surface area contributed by atoms with Crippen molar-refractivity contribution in [3.05, 3.63) is 47.2 Å². The van der Waals surface area contributed by atoms with Gasteiger partial charge in [-0.2, -0.15) is 0 Å². The molecule has 0 saturated carbocycles. The van der Waals surface area contributed by atoms with Crippen molar-refractivity contribution in [1.82, 2.24) is 5.32 Å². The van der Waals surface area contributed by atoms with Gasteiger partial charge in [0.1, 0.15) is 5.58 Å². The summed E-state index contributed by atoms with van der Waals surface area (Å²) < 4.78 is 5.51. The van der Waals surface area contributed by atoms with Gasteiger partial charge >= 0.3 is 0 Å². The summed E-state index contributed by atoms with van der Waals surface area (Å²) in [5.74, 6) is 0.0823. The lowest BCUT2D eigenvalue weighted by Gasteiger charge is -1.98. The Labute approximate surface area is 104 Å². The molecule has 0 aliphatic heterocycles. The van der Waals surface area contributed by atoms with Crippen molar-refractivity contribution in [3.63, 3.8) is 0 Å². The van der Waals surface area contributed by atoms with Crippen molar-refractivity contribution in [2.24, 2.45) is 0 Å². The Bertz CT molecular complexity index is 586. The molecule has 0 bridgehead atoms. The Balaban J connectivity index is 2.45. The molecule has 1 aromatic carbocycles. The van der Waals surface area contributed by atoms with E-state index in [-0.39, 0.29) is 5.91 Å². The number of rotatable bonds is 3. The van der Waals surface area contributed by atoms with Crippen molar-refractivity contribution < 1.29 is 9.21 Å². The molecule has 0 aliphatic carbocycles. The molecule has 0 radical (unpaired) electrons. The minimum atomic E-state index is -0.241. The second-order valence-corrected chi connectivity index (χ2v) is 4.13. The summed E-state index contributed by atoms with van der Waals surface area (Å²) in [6.07, 6.45) is 1.62. The van der Waals surface area contributed by atoms with Crippen LogP contribution in [0.4, 0.5) is 0 Å². The number of carbonyl (C=O) groups excluding carboxylic acids is 1. The molecule has 1 heterocycles. The largest absolute Gasteiger partial charge is 0.451 e. The first-order chi connectivity index (χ1) is 8.13. The van der Waals surface area contributed by atoms with Gasteiger partial charge in [-0.3, -0.25) is 4.79 Å². The second-order valence-electron chi connectivity index (χ2n) is 3.70. The molecule has 3 nitrogen and oxygen atoms in total. The third-order valence-corrected chi connectivity index (χ3v) is 2.75. The lowest BCUT2D eigenvalue weighted by Crippen LogP contribution is -2.23. The monoisotopic (exact) mass is 249 g/mol. The molecular formula is C13H12ClNO2. The van der Waals surface area contributed by atoms with Crippen LogP contribution >= 0.6 is 11.6 Å². The maximum Gasteiger partial charge on any atom is 0.287 e. The summed E-state index contributed by atoms with van der Waals surface area (Å²) in [5.41, 5.74) is 1.46. The van der Waals surface area contributed by atoms with Gasteiger partial charge in [0.05, 0.1) is 0 Å². The quantitative estimate of drug-likeness (QED) is 0.848. The number of fused-ring (bicyclic) bond motifs is 1. The van der Waals surface area contributed by atoms with E-state index in [4.69, 9.17) is 16.0 Å². The van der Waals surface area contributed by atoms with Crippen LogP contribution in [0.1, 0.15) is 16.1 Å². The highest BCUT2D eigenvalue weighted by Gasteiger charge is 2.16. The van der Waals surface area contributed by atoms with E-state index >= 15 is 0 Å². The van der Waals surface area contributed by atoms with E-state index in [1.54, 1.807) is 24.3 Å². The van der Waals surface area contributed by atoms with Gasteiger partial charge in [0, 0.05) is 22.5 Å². The molecule has 0 atom stereocenters. The zero-order chi connectivity index (χ0) is 12.4. The number of halogens is 1. The van der Waals surface area contributed by atoms with Crippen LogP contribution in [0.2, 0.25) is 5.02 Å². The molecule has 0 aliphatic rings. The van der Waals surface area contributed by atoms with Crippen LogP contribution in [0.5, 0.6) is 0 Å². The molecule has 1 aromatic heterocycles. The summed E-state index contributed by atoms with van der Waals surface area (Å²) in [6.45, 7) is 5.79. The first-order valence-electron chi connectivity index (χ1n) is 5.21. The fourth-order valence-corrected chi connectivity index (χ4v) is 1.83. The van der Waals surface area contributed by atoms with E-state index in [0.29, 0.717) is 22.9 Å². The molecule has 0 saturated heterocycles. The van der Waals surface area contributed by atoms with Gasteiger partial charge < -0.3 is 9.73 Å². The van der Waals surface area contributed by atoms with E-state index in [2.05, 4.69) is 11.9 Å². The fourth-order valence-electron chi connectivity index (χ4n) is 1.65.